The molecule has 0 spiro atoms. The van der Waals surface area contributed by atoms with Crippen LogP contribution in [0.3, 0.4) is 0 Å². The van der Waals surface area contributed by atoms with Crippen molar-refractivity contribution in [2.24, 2.45) is 5.92 Å². The van der Waals surface area contributed by atoms with Gasteiger partial charge in [0.05, 0.1) is 4.90 Å². The molecule has 1 aromatic carbocycles. The topological polar surface area (TPSA) is 83.5 Å². The average molecular weight is 416 g/mol. The highest BCUT2D eigenvalue weighted by Gasteiger charge is 2.27. The highest BCUT2D eigenvalue weighted by atomic mass is 79.9. The first kappa shape index (κ1) is 19.1. The lowest BCUT2D eigenvalue weighted by atomic mass is 10.1. The van der Waals surface area contributed by atoms with Gasteiger partial charge in [-0.2, -0.15) is 0 Å². The molecule has 5 nitrogen and oxygen atoms in total. The number of hydrogen-bond donors (Lipinski definition) is 2. The van der Waals surface area contributed by atoms with E-state index in [2.05, 4.69) is 26.7 Å². The Bertz CT molecular complexity index is 685. The van der Waals surface area contributed by atoms with Crippen LogP contribution >= 0.6 is 15.9 Å². The molecule has 0 saturated heterocycles. The first-order valence-electron chi connectivity index (χ1n) is 8.03. The maximum Gasteiger partial charge on any atom is 0.303 e. The molecule has 0 bridgehead atoms. The zero-order valence-corrected chi connectivity index (χ0v) is 15.7. The summed E-state index contributed by atoms with van der Waals surface area (Å²) in [6.45, 7) is 0. The molecule has 2 unspecified atom stereocenters. The monoisotopic (exact) mass is 415 g/mol. The van der Waals surface area contributed by atoms with Crippen molar-refractivity contribution in [3.63, 3.8) is 0 Å². The van der Waals surface area contributed by atoms with Gasteiger partial charge in [0.1, 0.15) is 0 Å². The summed E-state index contributed by atoms with van der Waals surface area (Å²) in [6, 6.07) is 6.55. The number of carboxylic acid groups (broad SMARTS) is 1. The molecular weight excluding hydrogens is 394 g/mol. The van der Waals surface area contributed by atoms with Crippen molar-refractivity contribution >= 4 is 31.9 Å². The molecular formula is C17H22BrNO4S. The molecule has 0 amide bonds. The number of carbonyl (C=O) groups is 1. The van der Waals surface area contributed by atoms with Gasteiger partial charge in [0.25, 0.3) is 0 Å². The van der Waals surface area contributed by atoms with Gasteiger partial charge in [-0.1, -0.05) is 28.1 Å². The summed E-state index contributed by atoms with van der Waals surface area (Å²) < 4.78 is 28.4. The third-order valence-corrected chi connectivity index (χ3v) is 6.15. The van der Waals surface area contributed by atoms with Crippen LogP contribution in [0.25, 0.3) is 0 Å². The Morgan fingerprint density at radius 1 is 1.29 bits per heavy atom. The molecule has 1 aliphatic rings. The van der Waals surface area contributed by atoms with Crippen molar-refractivity contribution < 1.29 is 18.3 Å². The number of unbranched alkanes of at least 4 members (excludes halogenated alkanes) is 1. The van der Waals surface area contributed by atoms with Gasteiger partial charge in [0.15, 0.2) is 0 Å². The quantitative estimate of drug-likeness (QED) is 0.500. The van der Waals surface area contributed by atoms with Gasteiger partial charge in [-0.25, -0.2) is 13.1 Å². The molecule has 2 atom stereocenters. The van der Waals surface area contributed by atoms with Crippen molar-refractivity contribution in [2.75, 3.05) is 0 Å². The Kier molecular flexibility index (Phi) is 7.01. The molecule has 0 radical (unpaired) electrons. The Balaban J connectivity index is 1.81. The Labute approximate surface area is 151 Å². The highest BCUT2D eigenvalue weighted by Crippen LogP contribution is 2.28. The van der Waals surface area contributed by atoms with Crippen LogP contribution in [0.4, 0.5) is 0 Å². The summed E-state index contributed by atoms with van der Waals surface area (Å²) >= 11 is 3.30. The second-order valence-electron chi connectivity index (χ2n) is 6.06. The summed E-state index contributed by atoms with van der Waals surface area (Å²) in [5, 5.41) is 8.58. The fraction of sp³-hybridized carbons (Fsp3) is 0.471. The number of aliphatic carboxylic acids is 1. The largest absolute Gasteiger partial charge is 0.481 e. The van der Waals surface area contributed by atoms with Crippen LogP contribution in [-0.4, -0.2) is 25.5 Å². The zero-order valence-electron chi connectivity index (χ0n) is 13.3. The van der Waals surface area contributed by atoms with Crippen LogP contribution in [-0.2, 0) is 14.8 Å². The SMILES string of the molecule is O=C(O)CCC/C=C\C1CCC(NS(=O)(=O)c2ccc(Br)cc2)C1. The van der Waals surface area contributed by atoms with Crippen molar-refractivity contribution in [2.45, 2.75) is 49.5 Å². The summed E-state index contributed by atoms with van der Waals surface area (Å²) in [5.74, 6) is -0.417. The third-order valence-electron chi connectivity index (χ3n) is 4.09. The predicted octanol–water partition coefficient (Wildman–Crippen LogP) is 3.71. The maximum atomic E-state index is 12.4. The first-order chi connectivity index (χ1) is 11.4. The lowest BCUT2D eigenvalue weighted by Gasteiger charge is -2.13. The number of nitrogens with one attached hydrogen (secondary N) is 1. The van der Waals surface area contributed by atoms with Gasteiger partial charge in [-0.05, 0) is 62.3 Å². The fourth-order valence-corrected chi connectivity index (χ4v) is 4.41. The highest BCUT2D eigenvalue weighted by molar-refractivity contribution is 9.10. The molecule has 2 rings (SSSR count). The van der Waals surface area contributed by atoms with E-state index in [1.807, 2.05) is 6.08 Å². The molecule has 1 aliphatic carbocycles. The van der Waals surface area contributed by atoms with Crippen LogP contribution in [0.1, 0.15) is 38.5 Å². The lowest BCUT2D eigenvalue weighted by molar-refractivity contribution is -0.137. The molecule has 0 aromatic heterocycles. The van der Waals surface area contributed by atoms with Crippen LogP contribution in [0.15, 0.2) is 45.8 Å². The van der Waals surface area contributed by atoms with Crippen molar-refractivity contribution in [3.8, 4) is 0 Å². The first-order valence-corrected chi connectivity index (χ1v) is 10.3. The molecule has 1 saturated carbocycles. The van der Waals surface area contributed by atoms with Crippen LogP contribution in [0.5, 0.6) is 0 Å². The summed E-state index contributed by atoms with van der Waals surface area (Å²) in [5.41, 5.74) is 0. The van der Waals surface area contributed by atoms with E-state index >= 15 is 0 Å². The van der Waals surface area contributed by atoms with Crippen LogP contribution in [0, 0.1) is 5.92 Å². The second-order valence-corrected chi connectivity index (χ2v) is 8.69. The van der Waals surface area contributed by atoms with Gasteiger partial charge in [0, 0.05) is 16.9 Å². The van der Waals surface area contributed by atoms with Crippen molar-refractivity contribution in [1.82, 2.24) is 4.72 Å². The van der Waals surface area contributed by atoms with Gasteiger partial charge >= 0.3 is 5.97 Å². The minimum atomic E-state index is -3.48. The van der Waals surface area contributed by atoms with Crippen LogP contribution in [0.2, 0.25) is 0 Å². The minimum Gasteiger partial charge on any atom is -0.481 e. The number of benzene rings is 1. The smallest absolute Gasteiger partial charge is 0.303 e. The maximum absolute atomic E-state index is 12.4. The number of sulfonamides is 1. The molecule has 24 heavy (non-hydrogen) atoms. The molecule has 7 heteroatoms. The lowest BCUT2D eigenvalue weighted by Crippen LogP contribution is -2.32. The van der Waals surface area contributed by atoms with Gasteiger partial charge in [-0.3, -0.25) is 4.79 Å². The Hall–Kier alpha value is -1.18. The Morgan fingerprint density at radius 2 is 2.00 bits per heavy atom. The predicted molar refractivity (Wildman–Crippen MR) is 96.2 cm³/mol. The molecule has 1 fully saturated rings. The number of carboxylic acids is 1. The standard InChI is InChI=1S/C17H22BrNO4S/c18-14-7-10-16(11-8-14)24(22,23)19-15-9-6-13(12-15)4-2-1-3-5-17(20)21/h2,4,7-8,10-11,13,15,19H,1,3,5-6,9,12H2,(H,20,21)/b4-2-. The van der Waals surface area contributed by atoms with E-state index in [0.29, 0.717) is 12.3 Å². The summed E-state index contributed by atoms with van der Waals surface area (Å²) in [6.07, 6.45) is 8.23. The molecule has 0 aliphatic heterocycles. The van der Waals surface area contributed by atoms with E-state index in [-0.39, 0.29) is 17.4 Å². The summed E-state index contributed by atoms with van der Waals surface area (Å²) in [7, 11) is -3.48. The van der Waals surface area contributed by atoms with Crippen molar-refractivity contribution in [3.05, 3.63) is 40.9 Å². The molecule has 1 aromatic rings. The summed E-state index contributed by atoms with van der Waals surface area (Å²) in [4.78, 5) is 10.7. The molecule has 2 N–H and O–H groups in total. The number of halogens is 1. The number of rotatable bonds is 8. The molecule has 132 valence electrons. The zero-order chi connectivity index (χ0) is 17.6. The minimum absolute atomic E-state index is 0.0488. The van der Waals surface area contributed by atoms with Gasteiger partial charge in [0.2, 0.25) is 10.0 Å². The molecule has 0 heterocycles. The van der Waals surface area contributed by atoms with E-state index in [1.54, 1.807) is 24.3 Å². The van der Waals surface area contributed by atoms with E-state index in [1.165, 1.54) is 0 Å². The average Bonchev–Trinajstić information content (AvgIpc) is 2.93. The van der Waals surface area contributed by atoms with Gasteiger partial charge < -0.3 is 5.11 Å². The Morgan fingerprint density at radius 3 is 2.67 bits per heavy atom. The van der Waals surface area contributed by atoms with E-state index in [0.717, 1.165) is 30.2 Å². The second kappa shape index (κ2) is 8.78. The van der Waals surface area contributed by atoms with E-state index in [4.69, 9.17) is 5.11 Å². The van der Waals surface area contributed by atoms with E-state index < -0.39 is 16.0 Å². The third kappa shape index (κ3) is 6.03. The number of allylic oxidation sites excluding steroid dienone is 2. The van der Waals surface area contributed by atoms with Crippen LogP contribution < -0.4 is 4.72 Å². The normalized spacial score (nSPS) is 21.4. The number of hydrogen-bond acceptors (Lipinski definition) is 3. The van der Waals surface area contributed by atoms with E-state index in [9.17, 15) is 13.2 Å². The fourth-order valence-electron chi connectivity index (χ4n) is 2.86. The van der Waals surface area contributed by atoms with Crippen molar-refractivity contribution in [1.29, 1.82) is 0 Å². The van der Waals surface area contributed by atoms with Gasteiger partial charge in [-0.15, -0.1) is 0 Å².